The summed E-state index contributed by atoms with van der Waals surface area (Å²) < 4.78 is 0. The van der Waals surface area contributed by atoms with Gasteiger partial charge in [-0.3, -0.25) is 9.59 Å². The van der Waals surface area contributed by atoms with Crippen LogP contribution in [0.5, 0.6) is 0 Å². The number of nitrogens with one attached hydrogen (secondary N) is 1. The van der Waals surface area contributed by atoms with Crippen molar-refractivity contribution in [2.75, 3.05) is 7.05 Å². The minimum absolute atomic E-state index is 0.132. The van der Waals surface area contributed by atoms with Crippen LogP contribution in [0.1, 0.15) is 25.7 Å². The number of hydrogen-bond acceptors (Lipinski definition) is 2. The van der Waals surface area contributed by atoms with Crippen molar-refractivity contribution in [2.24, 2.45) is 11.8 Å². The van der Waals surface area contributed by atoms with Crippen molar-refractivity contribution in [2.45, 2.75) is 25.7 Å². The van der Waals surface area contributed by atoms with Crippen molar-refractivity contribution in [3.8, 4) is 0 Å². The quantitative estimate of drug-likeness (QED) is 0.662. The fourth-order valence-corrected chi connectivity index (χ4v) is 1.93. The first kappa shape index (κ1) is 10.0. The summed E-state index contributed by atoms with van der Waals surface area (Å²) in [4.78, 5) is 22.1. The van der Waals surface area contributed by atoms with E-state index in [1.54, 1.807) is 7.05 Å². The summed E-state index contributed by atoms with van der Waals surface area (Å²) in [6.45, 7) is 0. The molecular weight excluding hydrogens is 170 g/mol. The van der Waals surface area contributed by atoms with E-state index in [9.17, 15) is 9.59 Å². The number of aliphatic carboxylic acids is 1. The van der Waals surface area contributed by atoms with Gasteiger partial charge in [-0.25, -0.2) is 0 Å². The summed E-state index contributed by atoms with van der Waals surface area (Å²) in [5.74, 6) is -1.77. The molecule has 4 nitrogen and oxygen atoms in total. The average molecular weight is 185 g/mol. The molecule has 1 saturated carbocycles. The lowest BCUT2D eigenvalue weighted by Crippen LogP contribution is -2.38. The standard InChI is InChI=1S/C9H15NO3/c1-10-8(11)6-4-2-3-5-7(6)9(12)13/h6-7H,2-5H2,1H3,(H,10,11)(H,12,13)/t6-,7+/m1/s1. The molecule has 74 valence electrons. The lowest BCUT2D eigenvalue weighted by molar-refractivity contribution is -0.148. The summed E-state index contributed by atoms with van der Waals surface area (Å²) in [5.41, 5.74) is 0. The number of carbonyl (C=O) groups is 2. The molecule has 0 spiro atoms. The van der Waals surface area contributed by atoms with E-state index in [1.165, 1.54) is 0 Å². The molecule has 2 N–H and O–H groups in total. The SMILES string of the molecule is CNC(=O)[C@@H]1CCCC[C@@H]1C(=O)O. The van der Waals surface area contributed by atoms with Crippen LogP contribution in [-0.2, 0) is 9.59 Å². The van der Waals surface area contributed by atoms with Crippen LogP contribution in [0.2, 0.25) is 0 Å². The number of hydrogen-bond donors (Lipinski definition) is 2. The number of carboxylic acids is 1. The van der Waals surface area contributed by atoms with Crippen LogP contribution in [0.4, 0.5) is 0 Å². The van der Waals surface area contributed by atoms with Gasteiger partial charge in [0.1, 0.15) is 0 Å². The predicted octanol–water partition coefficient (Wildman–Crippen LogP) is 0.623. The van der Waals surface area contributed by atoms with E-state index in [1.807, 2.05) is 0 Å². The molecule has 0 saturated heterocycles. The van der Waals surface area contributed by atoms with E-state index in [-0.39, 0.29) is 11.8 Å². The number of carbonyl (C=O) groups excluding carboxylic acids is 1. The Hall–Kier alpha value is -1.06. The van der Waals surface area contributed by atoms with E-state index in [2.05, 4.69) is 5.32 Å². The molecule has 2 atom stereocenters. The van der Waals surface area contributed by atoms with Gasteiger partial charge in [0.2, 0.25) is 5.91 Å². The van der Waals surface area contributed by atoms with Gasteiger partial charge in [-0.15, -0.1) is 0 Å². The minimum atomic E-state index is -0.840. The molecule has 1 aliphatic rings. The van der Waals surface area contributed by atoms with Crippen LogP contribution < -0.4 is 5.32 Å². The normalized spacial score (nSPS) is 28.1. The Bertz CT molecular complexity index is 215. The van der Waals surface area contributed by atoms with Crippen LogP contribution in [0.25, 0.3) is 0 Å². The highest BCUT2D eigenvalue weighted by Gasteiger charge is 2.34. The Balaban J connectivity index is 2.67. The van der Waals surface area contributed by atoms with Gasteiger partial charge in [-0.2, -0.15) is 0 Å². The lowest BCUT2D eigenvalue weighted by atomic mass is 9.79. The van der Waals surface area contributed by atoms with Crippen LogP contribution in [-0.4, -0.2) is 24.0 Å². The van der Waals surface area contributed by atoms with E-state index >= 15 is 0 Å². The largest absolute Gasteiger partial charge is 0.481 e. The maximum absolute atomic E-state index is 11.3. The van der Waals surface area contributed by atoms with Gasteiger partial charge in [0.25, 0.3) is 0 Å². The highest BCUT2D eigenvalue weighted by atomic mass is 16.4. The second kappa shape index (κ2) is 4.25. The molecule has 0 aromatic rings. The number of carboxylic acid groups (broad SMARTS) is 1. The third-order valence-electron chi connectivity index (χ3n) is 2.67. The Morgan fingerprint density at radius 1 is 1.23 bits per heavy atom. The Labute approximate surface area is 77.3 Å². The van der Waals surface area contributed by atoms with E-state index < -0.39 is 11.9 Å². The molecule has 13 heavy (non-hydrogen) atoms. The maximum Gasteiger partial charge on any atom is 0.307 e. The second-order valence-corrected chi connectivity index (χ2v) is 3.45. The first-order valence-corrected chi connectivity index (χ1v) is 4.61. The highest BCUT2D eigenvalue weighted by molar-refractivity contribution is 5.84. The first-order chi connectivity index (χ1) is 6.16. The molecule has 0 aliphatic heterocycles. The molecule has 0 aromatic carbocycles. The molecule has 0 bridgehead atoms. The van der Waals surface area contributed by atoms with Crippen molar-refractivity contribution < 1.29 is 14.7 Å². The molecule has 0 radical (unpaired) electrons. The molecule has 4 heteroatoms. The highest BCUT2D eigenvalue weighted by Crippen LogP contribution is 2.30. The molecular formula is C9H15NO3. The van der Waals surface area contributed by atoms with Crippen molar-refractivity contribution in [3.63, 3.8) is 0 Å². The lowest BCUT2D eigenvalue weighted by Gasteiger charge is -2.26. The van der Waals surface area contributed by atoms with Crippen molar-refractivity contribution in [3.05, 3.63) is 0 Å². The number of amides is 1. The minimum Gasteiger partial charge on any atom is -0.481 e. The molecule has 1 rings (SSSR count). The maximum atomic E-state index is 11.3. The van der Waals surface area contributed by atoms with Gasteiger partial charge in [0, 0.05) is 7.05 Å². The predicted molar refractivity (Wildman–Crippen MR) is 47.2 cm³/mol. The zero-order chi connectivity index (χ0) is 9.84. The van der Waals surface area contributed by atoms with Gasteiger partial charge < -0.3 is 10.4 Å². The van der Waals surface area contributed by atoms with Crippen LogP contribution in [0.15, 0.2) is 0 Å². The van der Waals surface area contributed by atoms with Crippen LogP contribution >= 0.6 is 0 Å². The second-order valence-electron chi connectivity index (χ2n) is 3.45. The summed E-state index contributed by atoms with van der Waals surface area (Å²) in [5, 5.41) is 11.4. The molecule has 1 fully saturated rings. The fraction of sp³-hybridized carbons (Fsp3) is 0.778. The van der Waals surface area contributed by atoms with E-state index in [0.29, 0.717) is 12.8 Å². The van der Waals surface area contributed by atoms with Gasteiger partial charge in [-0.1, -0.05) is 12.8 Å². The topological polar surface area (TPSA) is 66.4 Å². The Kier molecular flexibility index (Phi) is 3.28. The summed E-state index contributed by atoms with van der Waals surface area (Å²) in [6, 6.07) is 0. The van der Waals surface area contributed by atoms with E-state index in [4.69, 9.17) is 5.11 Å². The van der Waals surface area contributed by atoms with Crippen molar-refractivity contribution in [1.29, 1.82) is 0 Å². The summed E-state index contributed by atoms with van der Waals surface area (Å²) >= 11 is 0. The number of rotatable bonds is 2. The van der Waals surface area contributed by atoms with Gasteiger partial charge in [0.15, 0.2) is 0 Å². The zero-order valence-corrected chi connectivity index (χ0v) is 7.75. The average Bonchev–Trinajstić information content (AvgIpc) is 2.16. The van der Waals surface area contributed by atoms with Gasteiger partial charge >= 0.3 is 5.97 Å². The van der Waals surface area contributed by atoms with Gasteiger partial charge in [0.05, 0.1) is 11.8 Å². The summed E-state index contributed by atoms with van der Waals surface area (Å²) in [7, 11) is 1.55. The smallest absolute Gasteiger partial charge is 0.307 e. The fourth-order valence-electron chi connectivity index (χ4n) is 1.93. The van der Waals surface area contributed by atoms with Crippen LogP contribution in [0.3, 0.4) is 0 Å². The molecule has 0 aromatic heterocycles. The third-order valence-corrected chi connectivity index (χ3v) is 2.67. The van der Waals surface area contributed by atoms with E-state index in [0.717, 1.165) is 12.8 Å². The monoisotopic (exact) mass is 185 g/mol. The molecule has 1 amide bonds. The van der Waals surface area contributed by atoms with Crippen LogP contribution in [0, 0.1) is 11.8 Å². The summed E-state index contributed by atoms with van der Waals surface area (Å²) in [6.07, 6.45) is 3.22. The molecule has 0 unspecified atom stereocenters. The molecule has 1 aliphatic carbocycles. The molecule has 0 heterocycles. The zero-order valence-electron chi connectivity index (χ0n) is 7.75. The van der Waals surface area contributed by atoms with Crippen molar-refractivity contribution in [1.82, 2.24) is 5.32 Å². The van der Waals surface area contributed by atoms with Crippen molar-refractivity contribution >= 4 is 11.9 Å². The first-order valence-electron chi connectivity index (χ1n) is 4.61. The Morgan fingerprint density at radius 2 is 1.77 bits per heavy atom. The third kappa shape index (κ3) is 2.20. The Morgan fingerprint density at radius 3 is 2.23 bits per heavy atom. The van der Waals surface area contributed by atoms with Gasteiger partial charge in [-0.05, 0) is 12.8 Å².